The van der Waals surface area contributed by atoms with Crippen LogP contribution < -0.4 is 10.2 Å². The molecule has 1 saturated carbocycles. The zero-order chi connectivity index (χ0) is 22.2. The van der Waals surface area contributed by atoms with Crippen molar-refractivity contribution in [2.75, 3.05) is 4.90 Å². The number of aryl methyl sites for hydroxylation is 1. The molecule has 1 N–H and O–H groups in total. The summed E-state index contributed by atoms with van der Waals surface area (Å²) in [5.74, 6) is -0.250. The molecule has 0 bridgehead atoms. The first-order valence-electron chi connectivity index (χ1n) is 11.5. The van der Waals surface area contributed by atoms with Crippen LogP contribution in [0.25, 0.3) is 0 Å². The standard InChI is InChI=1S/C26H29FN4S/c1-17-16-22(18(2)30(17)20-8-4-3-5-9-20)25-24(23-10-6-7-15-28-23)29-26(32)31(25)21-13-11-19(27)12-14-21/h6-7,10-16,20,24-25H,3-5,8-9H2,1-2H3,(H,29,32)/t24-,25-/m0/s1. The van der Waals surface area contributed by atoms with Gasteiger partial charge in [0.05, 0.1) is 17.8 Å². The summed E-state index contributed by atoms with van der Waals surface area (Å²) in [4.78, 5) is 6.77. The van der Waals surface area contributed by atoms with Crippen molar-refractivity contribution in [2.45, 2.75) is 64.1 Å². The van der Waals surface area contributed by atoms with Gasteiger partial charge in [0.25, 0.3) is 0 Å². The average molecular weight is 449 g/mol. The van der Waals surface area contributed by atoms with Crippen molar-refractivity contribution < 1.29 is 4.39 Å². The normalized spacial score (nSPS) is 21.7. The van der Waals surface area contributed by atoms with Crippen LogP contribution in [0.1, 0.15) is 72.9 Å². The number of thiocarbonyl (C=S) groups is 1. The Labute approximate surface area is 194 Å². The minimum Gasteiger partial charge on any atom is -0.351 e. The number of hydrogen-bond donors (Lipinski definition) is 1. The zero-order valence-electron chi connectivity index (χ0n) is 18.6. The monoisotopic (exact) mass is 448 g/mol. The molecule has 3 aromatic rings. The molecule has 3 heterocycles. The van der Waals surface area contributed by atoms with Gasteiger partial charge in [-0.15, -0.1) is 0 Å². The Bertz CT molecular complexity index is 1100. The number of nitrogens with zero attached hydrogens (tertiary/aromatic N) is 3. The predicted octanol–water partition coefficient (Wildman–Crippen LogP) is 6.32. The summed E-state index contributed by atoms with van der Waals surface area (Å²) in [7, 11) is 0. The van der Waals surface area contributed by atoms with Crippen LogP contribution in [0.5, 0.6) is 0 Å². The number of aromatic nitrogens is 2. The molecule has 0 amide bonds. The van der Waals surface area contributed by atoms with Crippen molar-refractivity contribution in [1.29, 1.82) is 0 Å². The van der Waals surface area contributed by atoms with Gasteiger partial charge in [-0.2, -0.15) is 0 Å². The molecule has 1 aromatic carbocycles. The number of pyridine rings is 1. The van der Waals surface area contributed by atoms with Gasteiger partial charge in [0.15, 0.2) is 5.11 Å². The molecule has 1 saturated heterocycles. The van der Waals surface area contributed by atoms with Crippen LogP contribution in [0, 0.1) is 19.7 Å². The van der Waals surface area contributed by atoms with Gasteiger partial charge in [0, 0.05) is 29.3 Å². The number of rotatable bonds is 4. The molecule has 2 aliphatic rings. The van der Waals surface area contributed by atoms with E-state index in [1.807, 2.05) is 24.4 Å². The van der Waals surface area contributed by atoms with E-state index in [4.69, 9.17) is 12.2 Å². The van der Waals surface area contributed by atoms with Crippen LogP contribution in [0.4, 0.5) is 10.1 Å². The van der Waals surface area contributed by atoms with Gasteiger partial charge < -0.3 is 14.8 Å². The third kappa shape index (κ3) is 3.71. The Morgan fingerprint density at radius 2 is 1.78 bits per heavy atom. The fraction of sp³-hybridized carbons (Fsp3) is 0.385. The number of hydrogen-bond acceptors (Lipinski definition) is 2. The molecule has 166 valence electrons. The second kappa shape index (κ2) is 8.66. The highest BCUT2D eigenvalue weighted by Gasteiger charge is 2.42. The Morgan fingerprint density at radius 1 is 1.03 bits per heavy atom. The van der Waals surface area contributed by atoms with Crippen LogP contribution >= 0.6 is 12.2 Å². The summed E-state index contributed by atoms with van der Waals surface area (Å²) in [6.07, 6.45) is 8.23. The summed E-state index contributed by atoms with van der Waals surface area (Å²) in [5.41, 5.74) is 5.67. The van der Waals surface area contributed by atoms with Crippen molar-refractivity contribution in [2.24, 2.45) is 0 Å². The van der Waals surface area contributed by atoms with E-state index in [1.165, 1.54) is 61.2 Å². The Hall–Kier alpha value is -2.73. The van der Waals surface area contributed by atoms with Gasteiger partial charge >= 0.3 is 0 Å². The van der Waals surface area contributed by atoms with Gasteiger partial charge in [0.2, 0.25) is 0 Å². The lowest BCUT2D eigenvalue weighted by atomic mass is 9.94. The Kier molecular flexibility index (Phi) is 5.72. The first-order valence-corrected chi connectivity index (χ1v) is 11.9. The molecule has 2 aromatic heterocycles. The first-order chi connectivity index (χ1) is 15.5. The minimum atomic E-state index is -0.250. The van der Waals surface area contributed by atoms with E-state index in [9.17, 15) is 4.39 Å². The third-order valence-electron chi connectivity index (χ3n) is 6.98. The topological polar surface area (TPSA) is 33.1 Å². The van der Waals surface area contributed by atoms with Crippen LogP contribution in [-0.4, -0.2) is 14.7 Å². The van der Waals surface area contributed by atoms with Crippen LogP contribution in [0.2, 0.25) is 0 Å². The van der Waals surface area contributed by atoms with E-state index in [0.29, 0.717) is 11.2 Å². The predicted molar refractivity (Wildman–Crippen MR) is 130 cm³/mol. The summed E-state index contributed by atoms with van der Waals surface area (Å²) in [5, 5.41) is 4.15. The second-order valence-electron chi connectivity index (χ2n) is 8.96. The van der Waals surface area contributed by atoms with Crippen LogP contribution in [-0.2, 0) is 0 Å². The van der Waals surface area contributed by atoms with Gasteiger partial charge in [-0.05, 0) is 86.9 Å². The number of anilines is 1. The molecule has 4 nitrogen and oxygen atoms in total. The number of nitrogens with one attached hydrogen (secondary N) is 1. The third-order valence-corrected chi connectivity index (χ3v) is 7.30. The van der Waals surface area contributed by atoms with E-state index in [-0.39, 0.29) is 17.9 Å². The fourth-order valence-corrected chi connectivity index (χ4v) is 5.90. The molecule has 1 aliphatic carbocycles. The molecular weight excluding hydrogens is 419 g/mol. The maximum atomic E-state index is 13.7. The van der Waals surface area contributed by atoms with Crippen molar-refractivity contribution >= 4 is 23.0 Å². The maximum Gasteiger partial charge on any atom is 0.174 e. The maximum absolute atomic E-state index is 13.7. The molecular formula is C26H29FN4S. The molecule has 32 heavy (non-hydrogen) atoms. The second-order valence-corrected chi connectivity index (χ2v) is 9.35. The summed E-state index contributed by atoms with van der Waals surface area (Å²) in [6.45, 7) is 4.44. The van der Waals surface area contributed by atoms with Gasteiger partial charge in [-0.1, -0.05) is 25.3 Å². The van der Waals surface area contributed by atoms with Crippen molar-refractivity contribution in [1.82, 2.24) is 14.9 Å². The highest BCUT2D eigenvalue weighted by atomic mass is 32.1. The number of benzene rings is 1. The van der Waals surface area contributed by atoms with Crippen molar-refractivity contribution in [3.63, 3.8) is 0 Å². The lowest BCUT2D eigenvalue weighted by molar-refractivity contribution is 0.345. The molecule has 6 heteroatoms. The van der Waals surface area contributed by atoms with Crippen LogP contribution in [0.15, 0.2) is 54.7 Å². The highest BCUT2D eigenvalue weighted by Crippen LogP contribution is 2.44. The summed E-state index contributed by atoms with van der Waals surface area (Å²) < 4.78 is 16.2. The fourth-order valence-electron chi connectivity index (χ4n) is 5.55. The van der Waals surface area contributed by atoms with Gasteiger partial charge in [0.1, 0.15) is 5.82 Å². The lowest BCUT2D eigenvalue weighted by Gasteiger charge is -2.30. The number of halogens is 1. The first kappa shape index (κ1) is 21.1. The van der Waals surface area contributed by atoms with Crippen molar-refractivity contribution in [3.05, 3.63) is 83.2 Å². The minimum absolute atomic E-state index is 0.0635. The molecule has 0 spiro atoms. The van der Waals surface area contributed by atoms with Crippen molar-refractivity contribution in [3.8, 4) is 0 Å². The van der Waals surface area contributed by atoms with E-state index in [1.54, 1.807) is 12.1 Å². The highest BCUT2D eigenvalue weighted by molar-refractivity contribution is 7.80. The molecule has 5 rings (SSSR count). The van der Waals surface area contributed by atoms with Gasteiger partial charge in [-0.25, -0.2) is 4.39 Å². The Morgan fingerprint density at radius 3 is 2.47 bits per heavy atom. The van der Waals surface area contributed by atoms with E-state index in [0.717, 1.165) is 11.4 Å². The SMILES string of the molecule is Cc1cc([C@H]2[C@H](c3ccccn3)NC(=S)N2c2ccc(F)cc2)c(C)n1C1CCCCC1. The lowest BCUT2D eigenvalue weighted by Crippen LogP contribution is -2.29. The van der Waals surface area contributed by atoms with E-state index in [2.05, 4.69) is 39.7 Å². The largest absolute Gasteiger partial charge is 0.351 e. The molecule has 1 aliphatic heterocycles. The van der Waals surface area contributed by atoms with E-state index >= 15 is 0 Å². The summed E-state index contributed by atoms with van der Waals surface area (Å²) in [6, 6.07) is 15.3. The Balaban J connectivity index is 1.62. The van der Waals surface area contributed by atoms with Crippen LogP contribution in [0.3, 0.4) is 0 Å². The smallest absolute Gasteiger partial charge is 0.174 e. The molecule has 0 unspecified atom stereocenters. The zero-order valence-corrected chi connectivity index (χ0v) is 19.4. The van der Waals surface area contributed by atoms with Gasteiger partial charge in [-0.3, -0.25) is 4.98 Å². The summed E-state index contributed by atoms with van der Waals surface area (Å²) >= 11 is 5.80. The average Bonchev–Trinajstić information content (AvgIpc) is 3.31. The van der Waals surface area contributed by atoms with E-state index < -0.39 is 0 Å². The molecule has 2 fully saturated rings. The quantitative estimate of drug-likeness (QED) is 0.474. The molecule has 0 radical (unpaired) electrons. The molecule has 2 atom stereocenters.